The maximum absolute atomic E-state index is 13.4. The van der Waals surface area contributed by atoms with Gasteiger partial charge in [-0.1, -0.05) is 41.9 Å². The van der Waals surface area contributed by atoms with E-state index in [2.05, 4.69) is 28.1 Å². The molecular formula is C24H20ClN3O2. The number of carbonyl (C=O) groups excluding carboxylic acids is 1. The molecule has 2 amide bonds. The van der Waals surface area contributed by atoms with Crippen LogP contribution in [0.1, 0.15) is 28.6 Å². The summed E-state index contributed by atoms with van der Waals surface area (Å²) in [6, 6.07) is 23.2. The first-order valence-corrected chi connectivity index (χ1v) is 10.2. The Kier molecular flexibility index (Phi) is 4.81. The molecule has 2 aromatic carbocycles. The van der Waals surface area contributed by atoms with Gasteiger partial charge >= 0.3 is 6.03 Å². The second-order valence-corrected chi connectivity index (χ2v) is 7.69. The van der Waals surface area contributed by atoms with Gasteiger partial charge < -0.3 is 19.2 Å². The van der Waals surface area contributed by atoms with Crippen molar-refractivity contribution in [1.29, 1.82) is 0 Å². The van der Waals surface area contributed by atoms with Gasteiger partial charge in [0.25, 0.3) is 0 Å². The van der Waals surface area contributed by atoms with Crippen molar-refractivity contribution >= 4 is 17.6 Å². The van der Waals surface area contributed by atoms with Gasteiger partial charge in [-0.3, -0.25) is 0 Å². The van der Waals surface area contributed by atoms with E-state index in [0.29, 0.717) is 23.9 Å². The number of benzene rings is 2. The van der Waals surface area contributed by atoms with Crippen molar-refractivity contribution < 1.29 is 9.21 Å². The van der Waals surface area contributed by atoms with E-state index in [9.17, 15) is 4.79 Å². The maximum Gasteiger partial charge on any atom is 0.318 e. The molecule has 0 unspecified atom stereocenters. The number of aromatic nitrogens is 1. The second kappa shape index (κ2) is 7.76. The number of halogens is 1. The lowest BCUT2D eigenvalue weighted by molar-refractivity contribution is 0.179. The van der Waals surface area contributed by atoms with Crippen LogP contribution in [0.5, 0.6) is 0 Å². The molecule has 1 atom stereocenters. The third-order valence-corrected chi connectivity index (χ3v) is 5.66. The summed E-state index contributed by atoms with van der Waals surface area (Å²) in [4.78, 5) is 15.2. The molecular weight excluding hydrogens is 398 g/mol. The van der Waals surface area contributed by atoms with E-state index < -0.39 is 0 Å². The van der Waals surface area contributed by atoms with Crippen molar-refractivity contribution in [3.8, 4) is 5.69 Å². The number of para-hydroxylation sites is 1. The molecule has 30 heavy (non-hydrogen) atoms. The molecule has 0 spiro atoms. The minimum atomic E-state index is -0.263. The van der Waals surface area contributed by atoms with Crippen molar-refractivity contribution in [1.82, 2.24) is 14.8 Å². The molecule has 0 bridgehead atoms. The van der Waals surface area contributed by atoms with E-state index >= 15 is 0 Å². The molecule has 0 aliphatic carbocycles. The number of nitrogens with zero attached hydrogens (tertiary/aromatic N) is 2. The molecule has 0 radical (unpaired) electrons. The molecule has 5 rings (SSSR count). The Bertz CT molecular complexity index is 1170. The number of amides is 2. The second-order valence-electron chi connectivity index (χ2n) is 7.25. The Hall–Kier alpha value is -3.44. The summed E-state index contributed by atoms with van der Waals surface area (Å²) in [5, 5.41) is 3.67. The number of carbonyl (C=O) groups is 1. The molecule has 1 aliphatic heterocycles. The fourth-order valence-corrected chi connectivity index (χ4v) is 4.14. The van der Waals surface area contributed by atoms with Gasteiger partial charge in [0.05, 0.1) is 31.1 Å². The highest BCUT2D eigenvalue weighted by atomic mass is 35.5. The third-order valence-electron chi connectivity index (χ3n) is 5.40. The molecule has 0 saturated heterocycles. The van der Waals surface area contributed by atoms with E-state index in [1.165, 1.54) is 0 Å². The Balaban J connectivity index is 1.58. The highest BCUT2D eigenvalue weighted by Crippen LogP contribution is 2.36. The lowest BCUT2D eigenvalue weighted by Gasteiger charge is -2.31. The maximum atomic E-state index is 13.4. The molecule has 1 aliphatic rings. The Morgan fingerprint density at radius 2 is 1.87 bits per heavy atom. The number of furan rings is 1. The highest BCUT2D eigenvalue weighted by molar-refractivity contribution is 6.30. The Morgan fingerprint density at radius 1 is 1.03 bits per heavy atom. The number of fused-ring (bicyclic) bond motifs is 3. The SMILES string of the molecule is O=C(NCc1ccco1)N1Cc2ccccc2-n2cccc2[C@@H]1c1ccc(Cl)cc1. The Morgan fingerprint density at radius 3 is 2.67 bits per heavy atom. The van der Waals surface area contributed by atoms with E-state index in [0.717, 1.165) is 22.5 Å². The number of hydrogen-bond acceptors (Lipinski definition) is 2. The molecule has 0 saturated carbocycles. The zero-order chi connectivity index (χ0) is 20.5. The molecule has 4 aromatic rings. The first-order chi connectivity index (χ1) is 14.7. The lowest BCUT2D eigenvalue weighted by Crippen LogP contribution is -2.41. The minimum Gasteiger partial charge on any atom is -0.467 e. The third kappa shape index (κ3) is 3.37. The predicted molar refractivity (Wildman–Crippen MR) is 116 cm³/mol. The van der Waals surface area contributed by atoms with Crippen LogP contribution in [0.25, 0.3) is 5.69 Å². The van der Waals surface area contributed by atoms with Gasteiger partial charge in [0, 0.05) is 16.9 Å². The molecule has 150 valence electrons. The molecule has 0 fully saturated rings. The van der Waals surface area contributed by atoms with Crippen molar-refractivity contribution in [2.24, 2.45) is 0 Å². The van der Waals surface area contributed by atoms with E-state index in [1.54, 1.807) is 6.26 Å². The van der Waals surface area contributed by atoms with Crippen LogP contribution >= 0.6 is 11.6 Å². The average molecular weight is 418 g/mol. The summed E-state index contributed by atoms with van der Waals surface area (Å²) in [6.45, 7) is 0.813. The van der Waals surface area contributed by atoms with Crippen LogP contribution < -0.4 is 5.32 Å². The van der Waals surface area contributed by atoms with Crippen molar-refractivity contribution in [3.05, 3.63) is 113 Å². The minimum absolute atomic E-state index is 0.157. The first-order valence-electron chi connectivity index (χ1n) is 9.78. The lowest BCUT2D eigenvalue weighted by atomic mass is 10.0. The summed E-state index contributed by atoms with van der Waals surface area (Å²) in [5.41, 5.74) is 4.19. The van der Waals surface area contributed by atoms with Crippen LogP contribution in [-0.2, 0) is 13.1 Å². The number of nitrogens with one attached hydrogen (secondary N) is 1. The zero-order valence-corrected chi connectivity index (χ0v) is 16.9. The smallest absolute Gasteiger partial charge is 0.318 e. The van der Waals surface area contributed by atoms with E-state index in [1.807, 2.05) is 65.7 Å². The highest BCUT2D eigenvalue weighted by Gasteiger charge is 2.32. The van der Waals surface area contributed by atoms with Gasteiger partial charge in [-0.15, -0.1) is 0 Å². The molecule has 5 nitrogen and oxygen atoms in total. The van der Waals surface area contributed by atoms with E-state index in [4.69, 9.17) is 16.0 Å². The normalized spacial score (nSPS) is 15.2. The molecule has 1 N–H and O–H groups in total. The van der Waals surface area contributed by atoms with Crippen LogP contribution in [-0.4, -0.2) is 15.5 Å². The largest absolute Gasteiger partial charge is 0.467 e. The molecule has 3 heterocycles. The number of urea groups is 1. The van der Waals surface area contributed by atoms with Crippen molar-refractivity contribution in [2.75, 3.05) is 0 Å². The fourth-order valence-electron chi connectivity index (χ4n) is 4.01. The Labute approximate surface area is 179 Å². The van der Waals surface area contributed by atoms with Crippen LogP contribution in [0.4, 0.5) is 4.79 Å². The fraction of sp³-hybridized carbons (Fsp3) is 0.125. The predicted octanol–water partition coefficient (Wildman–Crippen LogP) is 5.54. The van der Waals surface area contributed by atoms with Crippen LogP contribution in [0.3, 0.4) is 0 Å². The standard InChI is InChI=1S/C24H20ClN3O2/c25-19-11-9-17(10-12-19)23-22-8-3-13-27(22)21-7-2-1-5-18(21)16-28(23)24(29)26-15-20-6-4-14-30-20/h1-14,23H,15-16H2,(H,26,29)/t23-/m0/s1. The summed E-state index contributed by atoms with van der Waals surface area (Å²) in [6.07, 6.45) is 3.65. The number of rotatable bonds is 3. The van der Waals surface area contributed by atoms with Crippen LogP contribution in [0.15, 0.2) is 89.7 Å². The summed E-state index contributed by atoms with van der Waals surface area (Å²) in [7, 11) is 0. The van der Waals surface area contributed by atoms with Crippen molar-refractivity contribution in [2.45, 2.75) is 19.1 Å². The van der Waals surface area contributed by atoms with Gasteiger partial charge in [-0.25, -0.2) is 4.79 Å². The quantitative estimate of drug-likeness (QED) is 0.476. The molecule has 6 heteroatoms. The van der Waals surface area contributed by atoms with Gasteiger partial charge in [0.1, 0.15) is 5.76 Å². The van der Waals surface area contributed by atoms with E-state index in [-0.39, 0.29) is 12.1 Å². The van der Waals surface area contributed by atoms with Gasteiger partial charge in [0.15, 0.2) is 0 Å². The van der Waals surface area contributed by atoms with Gasteiger partial charge in [-0.05, 0) is 53.6 Å². The van der Waals surface area contributed by atoms with Crippen LogP contribution in [0, 0.1) is 0 Å². The first kappa shape index (κ1) is 18.6. The summed E-state index contributed by atoms with van der Waals surface area (Å²) in [5.74, 6) is 0.713. The zero-order valence-electron chi connectivity index (χ0n) is 16.2. The molecule has 2 aromatic heterocycles. The summed E-state index contributed by atoms with van der Waals surface area (Å²) < 4.78 is 7.53. The number of hydrogen-bond donors (Lipinski definition) is 1. The topological polar surface area (TPSA) is 50.4 Å². The average Bonchev–Trinajstić information content (AvgIpc) is 3.43. The van der Waals surface area contributed by atoms with Gasteiger partial charge in [0.2, 0.25) is 0 Å². The van der Waals surface area contributed by atoms with Crippen molar-refractivity contribution in [3.63, 3.8) is 0 Å². The monoisotopic (exact) mass is 417 g/mol. The van der Waals surface area contributed by atoms with Gasteiger partial charge in [-0.2, -0.15) is 0 Å². The van der Waals surface area contributed by atoms with Crippen LogP contribution in [0.2, 0.25) is 5.02 Å². The summed E-state index contributed by atoms with van der Waals surface area (Å²) >= 11 is 6.13.